The van der Waals surface area contributed by atoms with Crippen LogP contribution in [0.2, 0.25) is 0 Å². The molecule has 0 spiro atoms. The van der Waals surface area contributed by atoms with Crippen molar-refractivity contribution in [3.05, 3.63) is 95.2 Å². The summed E-state index contributed by atoms with van der Waals surface area (Å²) in [5.41, 5.74) is 5.19. The van der Waals surface area contributed by atoms with Crippen LogP contribution in [-0.2, 0) is 24.4 Å². The lowest BCUT2D eigenvalue weighted by molar-refractivity contribution is -0.139. The number of aromatic amines is 1. The van der Waals surface area contributed by atoms with Gasteiger partial charge in [-0.2, -0.15) is 0 Å². The highest BCUT2D eigenvalue weighted by atomic mass is 16.5. The minimum atomic E-state index is -0.881. The molecule has 0 aliphatic heterocycles. The molecule has 34 heavy (non-hydrogen) atoms. The van der Waals surface area contributed by atoms with E-state index in [0.717, 1.165) is 27.6 Å². The Labute approximate surface area is 199 Å². The van der Waals surface area contributed by atoms with Gasteiger partial charge in [-0.15, -0.1) is 0 Å². The van der Waals surface area contributed by atoms with E-state index in [0.29, 0.717) is 37.7 Å². The molecule has 0 fully saturated rings. The maximum Gasteiger partial charge on any atom is 0.321 e. The van der Waals surface area contributed by atoms with Crippen LogP contribution in [0.1, 0.15) is 29.2 Å². The summed E-state index contributed by atoms with van der Waals surface area (Å²) in [5, 5.41) is 14.0. The van der Waals surface area contributed by atoms with E-state index < -0.39 is 12.0 Å². The van der Waals surface area contributed by atoms with E-state index >= 15 is 0 Å². The number of aromatic nitrogens is 1. The van der Waals surface area contributed by atoms with E-state index in [9.17, 15) is 9.90 Å². The molecule has 176 valence electrons. The lowest BCUT2D eigenvalue weighted by Crippen LogP contribution is -2.38. The highest BCUT2D eigenvalue weighted by molar-refractivity contribution is 5.84. The summed E-state index contributed by atoms with van der Waals surface area (Å²) in [5.74, 6) is 0.437. The van der Waals surface area contributed by atoms with Crippen LogP contribution < -0.4 is 14.8 Å². The Morgan fingerprint density at radius 1 is 1.00 bits per heavy atom. The molecule has 0 aliphatic rings. The van der Waals surface area contributed by atoms with Gasteiger partial charge in [0.1, 0.15) is 12.6 Å². The lowest BCUT2D eigenvalue weighted by Gasteiger charge is -2.16. The van der Waals surface area contributed by atoms with Gasteiger partial charge in [-0.25, -0.2) is 0 Å². The first-order valence-electron chi connectivity index (χ1n) is 11.5. The summed E-state index contributed by atoms with van der Waals surface area (Å²) in [6.07, 6.45) is 2.27. The Balaban J connectivity index is 1.43. The predicted octanol–water partition coefficient (Wildman–Crippen LogP) is 5.24. The lowest BCUT2D eigenvalue weighted by atomic mass is 10.0. The third-order valence-electron chi connectivity index (χ3n) is 5.73. The number of fused-ring (bicyclic) bond motifs is 1. The van der Waals surface area contributed by atoms with E-state index in [-0.39, 0.29) is 0 Å². The Hall–Kier alpha value is -3.77. The number of carbonyl (C=O) groups is 1. The molecule has 3 aromatic carbocycles. The van der Waals surface area contributed by atoms with E-state index in [1.54, 1.807) is 0 Å². The summed E-state index contributed by atoms with van der Waals surface area (Å²) < 4.78 is 11.8. The molecule has 0 radical (unpaired) electrons. The fourth-order valence-corrected chi connectivity index (χ4v) is 4.02. The standard InChI is InChI=1S/C28H30N2O4/c1-3-33-27-14-20(11-12-26(27)34-18-21-8-6-7-19(2)13-21)16-29-25(28(31)32)15-22-17-30-24-10-5-4-9-23(22)24/h4-14,17,25,29-30H,3,15-16,18H2,1-2H3,(H,31,32)/t25-/m0/s1. The van der Waals surface area contributed by atoms with Gasteiger partial charge in [0.25, 0.3) is 0 Å². The molecular formula is C28H30N2O4. The average Bonchev–Trinajstić information content (AvgIpc) is 3.24. The van der Waals surface area contributed by atoms with E-state index in [1.807, 2.05) is 67.7 Å². The number of hydrogen-bond acceptors (Lipinski definition) is 4. The zero-order valence-corrected chi connectivity index (χ0v) is 19.5. The van der Waals surface area contributed by atoms with Crippen molar-refractivity contribution in [3.63, 3.8) is 0 Å². The first kappa shape index (κ1) is 23.4. The normalized spacial score (nSPS) is 11.9. The van der Waals surface area contributed by atoms with Crippen LogP contribution >= 0.6 is 0 Å². The minimum absolute atomic E-state index is 0.384. The van der Waals surface area contributed by atoms with Crippen LogP contribution in [0.3, 0.4) is 0 Å². The molecular weight excluding hydrogens is 428 g/mol. The molecule has 1 atom stereocenters. The summed E-state index contributed by atoms with van der Waals surface area (Å²) in [4.78, 5) is 15.1. The number of rotatable bonds is 11. The van der Waals surface area contributed by atoms with Gasteiger partial charge in [-0.05, 0) is 48.7 Å². The van der Waals surface area contributed by atoms with Crippen LogP contribution in [0, 0.1) is 6.92 Å². The molecule has 0 bridgehead atoms. The Morgan fingerprint density at radius 3 is 2.65 bits per heavy atom. The Kier molecular flexibility index (Phi) is 7.50. The van der Waals surface area contributed by atoms with Gasteiger partial charge in [0.15, 0.2) is 11.5 Å². The number of H-pyrrole nitrogens is 1. The first-order valence-corrected chi connectivity index (χ1v) is 11.5. The maximum absolute atomic E-state index is 11.9. The van der Waals surface area contributed by atoms with Gasteiger partial charge in [-0.3, -0.25) is 4.79 Å². The van der Waals surface area contributed by atoms with Crippen molar-refractivity contribution in [1.82, 2.24) is 10.3 Å². The fourth-order valence-electron chi connectivity index (χ4n) is 4.02. The van der Waals surface area contributed by atoms with Crippen molar-refractivity contribution in [2.75, 3.05) is 6.61 Å². The summed E-state index contributed by atoms with van der Waals surface area (Å²) in [6.45, 7) is 5.34. The predicted molar refractivity (Wildman–Crippen MR) is 133 cm³/mol. The largest absolute Gasteiger partial charge is 0.490 e. The molecule has 0 amide bonds. The van der Waals surface area contributed by atoms with Crippen LogP contribution in [0.15, 0.2) is 72.9 Å². The van der Waals surface area contributed by atoms with Gasteiger partial charge in [0.2, 0.25) is 0 Å². The maximum atomic E-state index is 11.9. The molecule has 6 heteroatoms. The molecule has 3 N–H and O–H groups in total. The number of aryl methyl sites for hydroxylation is 1. The molecule has 1 aromatic heterocycles. The Morgan fingerprint density at radius 2 is 1.85 bits per heavy atom. The van der Waals surface area contributed by atoms with Crippen molar-refractivity contribution in [1.29, 1.82) is 0 Å². The van der Waals surface area contributed by atoms with Crippen LogP contribution in [0.5, 0.6) is 11.5 Å². The second-order valence-electron chi connectivity index (χ2n) is 8.33. The number of hydrogen-bond donors (Lipinski definition) is 3. The number of carboxylic acids is 1. The van der Waals surface area contributed by atoms with Crippen LogP contribution in [0.4, 0.5) is 0 Å². The molecule has 0 saturated heterocycles. The molecule has 4 aromatic rings. The molecule has 1 heterocycles. The van der Waals surface area contributed by atoms with Gasteiger partial charge in [-0.1, -0.05) is 54.1 Å². The summed E-state index contributed by atoms with van der Waals surface area (Å²) in [6, 6.07) is 21.1. The highest BCUT2D eigenvalue weighted by Crippen LogP contribution is 2.29. The van der Waals surface area contributed by atoms with Crippen molar-refractivity contribution in [3.8, 4) is 11.5 Å². The van der Waals surface area contributed by atoms with E-state index in [4.69, 9.17) is 9.47 Å². The zero-order valence-electron chi connectivity index (χ0n) is 19.5. The molecule has 0 aliphatic carbocycles. The number of nitrogens with one attached hydrogen (secondary N) is 2. The van der Waals surface area contributed by atoms with Crippen molar-refractivity contribution >= 4 is 16.9 Å². The van der Waals surface area contributed by atoms with E-state index in [2.05, 4.69) is 29.4 Å². The topological polar surface area (TPSA) is 83.6 Å². The second kappa shape index (κ2) is 10.9. The fraction of sp³-hybridized carbons (Fsp3) is 0.250. The summed E-state index contributed by atoms with van der Waals surface area (Å²) >= 11 is 0. The van der Waals surface area contributed by atoms with Gasteiger partial charge in [0, 0.05) is 30.1 Å². The minimum Gasteiger partial charge on any atom is -0.490 e. The molecule has 0 unspecified atom stereocenters. The van der Waals surface area contributed by atoms with E-state index in [1.165, 1.54) is 5.56 Å². The molecule has 0 saturated carbocycles. The highest BCUT2D eigenvalue weighted by Gasteiger charge is 2.19. The number of para-hydroxylation sites is 1. The van der Waals surface area contributed by atoms with Crippen molar-refractivity contribution in [2.45, 2.75) is 39.5 Å². The smallest absolute Gasteiger partial charge is 0.321 e. The Bertz CT molecular complexity index is 1260. The van der Waals surface area contributed by atoms with Crippen LogP contribution in [-0.4, -0.2) is 28.7 Å². The van der Waals surface area contributed by atoms with Crippen molar-refractivity contribution in [2.24, 2.45) is 0 Å². The summed E-state index contributed by atoms with van der Waals surface area (Å²) in [7, 11) is 0. The van der Waals surface area contributed by atoms with Gasteiger partial charge in [0.05, 0.1) is 6.61 Å². The van der Waals surface area contributed by atoms with Gasteiger partial charge < -0.3 is 24.9 Å². The second-order valence-corrected chi connectivity index (χ2v) is 8.33. The van der Waals surface area contributed by atoms with Gasteiger partial charge >= 0.3 is 5.97 Å². The molecule has 4 rings (SSSR count). The number of benzene rings is 3. The van der Waals surface area contributed by atoms with Crippen molar-refractivity contribution < 1.29 is 19.4 Å². The number of carboxylic acid groups (broad SMARTS) is 1. The molecule has 6 nitrogen and oxygen atoms in total. The van der Waals surface area contributed by atoms with Crippen LogP contribution in [0.25, 0.3) is 10.9 Å². The average molecular weight is 459 g/mol. The number of ether oxygens (including phenoxy) is 2. The SMILES string of the molecule is CCOc1cc(CN[C@@H](Cc2c[nH]c3ccccc23)C(=O)O)ccc1OCc1cccc(C)c1. The zero-order chi connectivity index (χ0) is 23.9. The first-order chi connectivity index (χ1) is 16.5. The number of aliphatic carboxylic acids is 1. The quantitative estimate of drug-likeness (QED) is 0.286. The third-order valence-corrected chi connectivity index (χ3v) is 5.73. The third kappa shape index (κ3) is 5.77. The monoisotopic (exact) mass is 458 g/mol.